The van der Waals surface area contributed by atoms with Crippen molar-refractivity contribution < 1.29 is 4.39 Å². The van der Waals surface area contributed by atoms with Crippen molar-refractivity contribution in [1.29, 1.82) is 0 Å². The van der Waals surface area contributed by atoms with E-state index in [0.717, 1.165) is 0 Å². The molecule has 28 heavy (non-hydrogen) atoms. The van der Waals surface area contributed by atoms with E-state index in [9.17, 15) is 9.18 Å². The van der Waals surface area contributed by atoms with Crippen LogP contribution < -0.4 is 16.2 Å². The predicted molar refractivity (Wildman–Crippen MR) is 109 cm³/mol. The fraction of sp³-hybridized carbons (Fsp3) is 0.105. The first-order valence-electron chi connectivity index (χ1n) is 8.34. The Balaban J connectivity index is 1.81. The van der Waals surface area contributed by atoms with E-state index in [1.165, 1.54) is 22.8 Å². The fourth-order valence-electron chi connectivity index (χ4n) is 2.90. The zero-order valence-electron chi connectivity index (χ0n) is 14.6. The van der Waals surface area contributed by atoms with Crippen molar-refractivity contribution in [2.45, 2.75) is 13.1 Å². The Morgan fingerprint density at radius 1 is 1.18 bits per heavy atom. The van der Waals surface area contributed by atoms with Gasteiger partial charge < -0.3 is 5.32 Å². The lowest BCUT2D eigenvalue weighted by molar-refractivity contribution is 0.573. The number of aryl methyl sites for hydroxylation is 1. The van der Waals surface area contributed by atoms with Gasteiger partial charge in [0.25, 0.3) is 5.56 Å². The first-order valence-corrected chi connectivity index (χ1v) is 9.09. The molecule has 0 radical (unpaired) electrons. The van der Waals surface area contributed by atoms with Gasteiger partial charge in [0.05, 0.1) is 15.7 Å². The minimum atomic E-state index is -0.724. The molecule has 0 spiro atoms. The maximum atomic E-state index is 13.4. The van der Waals surface area contributed by atoms with Crippen LogP contribution in [-0.4, -0.2) is 15.5 Å². The molecule has 2 aromatic carbocycles. The first kappa shape index (κ1) is 18.5. The molecule has 0 saturated carbocycles. The van der Waals surface area contributed by atoms with Crippen molar-refractivity contribution in [2.75, 3.05) is 10.6 Å². The first-order chi connectivity index (χ1) is 13.4. The molecular weight excluding hydrogens is 404 g/mol. The van der Waals surface area contributed by atoms with Crippen molar-refractivity contribution in [2.24, 2.45) is 4.99 Å². The van der Waals surface area contributed by atoms with Gasteiger partial charge in [0, 0.05) is 11.8 Å². The van der Waals surface area contributed by atoms with Crippen LogP contribution in [-0.2, 0) is 0 Å². The van der Waals surface area contributed by atoms with Crippen LogP contribution in [0.5, 0.6) is 0 Å². The third-order valence-corrected chi connectivity index (χ3v) is 5.00. The molecule has 1 aliphatic heterocycles. The molecule has 0 aliphatic carbocycles. The predicted octanol–water partition coefficient (Wildman–Crippen LogP) is 4.44. The fourth-order valence-corrected chi connectivity index (χ4v) is 3.25. The maximum absolute atomic E-state index is 13.4. The standard InChI is InChI=1S/C19H14Cl2FN5O/c1-10-9-15(28)27-17(11-5-7-12(22)8-6-11)25-18(26-19(27)23-10)24-14-4-2-3-13(20)16(14)21/h2-9,17H,1H3,(H2,23,24,25,26)/t17-/m0/s1. The number of guanidine groups is 1. The number of benzene rings is 2. The average Bonchev–Trinajstić information content (AvgIpc) is 2.65. The summed E-state index contributed by atoms with van der Waals surface area (Å²) >= 11 is 12.3. The molecular formula is C19H14Cl2FN5O. The van der Waals surface area contributed by atoms with E-state index in [1.54, 1.807) is 37.3 Å². The molecule has 0 unspecified atom stereocenters. The summed E-state index contributed by atoms with van der Waals surface area (Å²) in [4.78, 5) is 21.6. The molecule has 9 heteroatoms. The normalized spacial score (nSPS) is 15.4. The summed E-state index contributed by atoms with van der Waals surface area (Å²) in [7, 11) is 0. The van der Waals surface area contributed by atoms with E-state index in [-0.39, 0.29) is 11.4 Å². The van der Waals surface area contributed by atoms with Gasteiger partial charge >= 0.3 is 0 Å². The van der Waals surface area contributed by atoms with E-state index in [0.29, 0.717) is 38.9 Å². The minimum absolute atomic E-state index is 0.270. The summed E-state index contributed by atoms with van der Waals surface area (Å²) in [6.45, 7) is 1.73. The Labute approximate surface area is 169 Å². The molecule has 0 fully saturated rings. The second-order valence-corrected chi connectivity index (χ2v) is 6.97. The van der Waals surface area contributed by atoms with E-state index in [2.05, 4.69) is 20.6 Å². The van der Waals surface area contributed by atoms with Gasteiger partial charge in [-0.15, -0.1) is 0 Å². The number of aliphatic imine (C=N–C) groups is 1. The highest BCUT2D eigenvalue weighted by atomic mass is 35.5. The molecule has 142 valence electrons. The molecule has 0 saturated heterocycles. The number of halogens is 3. The van der Waals surface area contributed by atoms with E-state index < -0.39 is 6.17 Å². The van der Waals surface area contributed by atoms with Crippen LogP contribution in [0.25, 0.3) is 0 Å². The highest BCUT2D eigenvalue weighted by molar-refractivity contribution is 6.44. The Hall–Kier alpha value is -2.90. The summed E-state index contributed by atoms with van der Waals surface area (Å²) in [5.74, 6) is 0.270. The second kappa shape index (κ2) is 7.26. The molecule has 4 rings (SSSR count). The third-order valence-electron chi connectivity index (χ3n) is 4.18. The lowest BCUT2D eigenvalue weighted by Crippen LogP contribution is -2.37. The number of aromatic nitrogens is 2. The quantitative estimate of drug-likeness (QED) is 0.646. The maximum Gasteiger partial charge on any atom is 0.257 e. The van der Waals surface area contributed by atoms with Crippen LogP contribution in [0.15, 0.2) is 58.3 Å². The minimum Gasteiger partial charge on any atom is -0.325 e. The number of hydrogen-bond acceptors (Lipinski definition) is 5. The Kier molecular flexibility index (Phi) is 4.78. The lowest BCUT2D eigenvalue weighted by Gasteiger charge is -2.27. The van der Waals surface area contributed by atoms with Gasteiger partial charge in [-0.1, -0.05) is 41.4 Å². The van der Waals surface area contributed by atoms with Gasteiger partial charge in [-0.3, -0.25) is 14.7 Å². The van der Waals surface area contributed by atoms with E-state index in [1.807, 2.05) is 0 Å². The van der Waals surface area contributed by atoms with E-state index >= 15 is 0 Å². The molecule has 0 amide bonds. The van der Waals surface area contributed by atoms with Crippen molar-refractivity contribution in [3.63, 3.8) is 0 Å². The lowest BCUT2D eigenvalue weighted by atomic mass is 10.1. The van der Waals surface area contributed by atoms with Crippen LogP contribution in [0, 0.1) is 12.7 Å². The van der Waals surface area contributed by atoms with Crippen molar-refractivity contribution >= 4 is 40.8 Å². The largest absolute Gasteiger partial charge is 0.325 e. The van der Waals surface area contributed by atoms with Crippen molar-refractivity contribution in [3.8, 4) is 0 Å². The number of nitrogens with zero attached hydrogens (tertiary/aromatic N) is 3. The molecule has 6 nitrogen and oxygen atoms in total. The molecule has 3 aromatic rings. The molecule has 2 heterocycles. The number of nitrogens with one attached hydrogen (secondary N) is 2. The van der Waals surface area contributed by atoms with Gasteiger partial charge in [-0.2, -0.15) is 0 Å². The van der Waals surface area contributed by atoms with Crippen LogP contribution in [0.1, 0.15) is 17.4 Å². The van der Waals surface area contributed by atoms with Gasteiger partial charge in [-0.05, 0) is 36.8 Å². The molecule has 1 aromatic heterocycles. The average molecular weight is 418 g/mol. The topological polar surface area (TPSA) is 71.3 Å². The Morgan fingerprint density at radius 3 is 2.68 bits per heavy atom. The SMILES string of the molecule is Cc1cc(=O)n2c(n1)NC(Nc1cccc(Cl)c1Cl)=N[C@@H]2c1ccc(F)cc1. The second-order valence-electron chi connectivity index (χ2n) is 6.18. The number of hydrogen-bond donors (Lipinski definition) is 2. The van der Waals surface area contributed by atoms with Crippen LogP contribution in [0.3, 0.4) is 0 Å². The Morgan fingerprint density at radius 2 is 1.93 bits per heavy atom. The number of anilines is 2. The zero-order valence-corrected chi connectivity index (χ0v) is 16.1. The molecule has 1 atom stereocenters. The molecule has 1 aliphatic rings. The zero-order chi connectivity index (χ0) is 19.8. The third kappa shape index (κ3) is 3.46. The van der Waals surface area contributed by atoms with Crippen LogP contribution in [0.4, 0.5) is 16.0 Å². The summed E-state index contributed by atoms with van der Waals surface area (Å²) in [6, 6.07) is 12.4. The van der Waals surface area contributed by atoms with Crippen LogP contribution >= 0.6 is 23.2 Å². The smallest absolute Gasteiger partial charge is 0.257 e. The van der Waals surface area contributed by atoms with Gasteiger partial charge in [-0.25, -0.2) is 14.4 Å². The highest BCUT2D eigenvalue weighted by Gasteiger charge is 2.25. The summed E-state index contributed by atoms with van der Waals surface area (Å²) in [6.07, 6.45) is -0.724. The monoisotopic (exact) mass is 417 g/mol. The van der Waals surface area contributed by atoms with Gasteiger partial charge in [0.2, 0.25) is 11.9 Å². The van der Waals surface area contributed by atoms with Crippen LogP contribution in [0.2, 0.25) is 10.0 Å². The summed E-state index contributed by atoms with van der Waals surface area (Å²) < 4.78 is 14.8. The summed E-state index contributed by atoms with van der Waals surface area (Å²) in [5.41, 5.74) is 1.46. The Bertz CT molecular complexity index is 1140. The van der Waals surface area contributed by atoms with Gasteiger partial charge in [0.15, 0.2) is 6.17 Å². The van der Waals surface area contributed by atoms with Crippen molar-refractivity contribution in [3.05, 3.63) is 86.0 Å². The van der Waals surface area contributed by atoms with E-state index in [4.69, 9.17) is 23.2 Å². The molecule has 2 N–H and O–H groups in total. The van der Waals surface area contributed by atoms with Crippen molar-refractivity contribution in [1.82, 2.24) is 9.55 Å². The number of fused-ring (bicyclic) bond motifs is 1. The highest BCUT2D eigenvalue weighted by Crippen LogP contribution is 2.31. The number of rotatable bonds is 2. The summed E-state index contributed by atoms with van der Waals surface area (Å²) in [5, 5.41) is 6.81. The molecule has 0 bridgehead atoms. The van der Waals surface area contributed by atoms with Gasteiger partial charge in [0.1, 0.15) is 5.82 Å².